The quantitative estimate of drug-likeness (QED) is 0.737. The van der Waals surface area contributed by atoms with Crippen LogP contribution in [-0.4, -0.2) is 25.5 Å². The molecule has 1 aliphatic heterocycles. The van der Waals surface area contributed by atoms with E-state index in [-0.39, 0.29) is 11.8 Å². The predicted molar refractivity (Wildman–Crippen MR) is 110 cm³/mol. The first kappa shape index (κ1) is 18.0. The Labute approximate surface area is 163 Å². The van der Waals surface area contributed by atoms with Crippen LogP contribution in [0.15, 0.2) is 60.7 Å². The van der Waals surface area contributed by atoms with Gasteiger partial charge in [-0.25, -0.2) is 0 Å². The monoisotopic (exact) mass is 374 g/mol. The van der Waals surface area contributed by atoms with Gasteiger partial charge >= 0.3 is 0 Å². The van der Waals surface area contributed by atoms with Gasteiger partial charge in [0.25, 0.3) is 5.91 Å². The standard InChI is InChI=1S/C23H22N2O3/c1-28-21-11-8-18-13-16(4-5-19(18)14-21)15-24-23(27)17-6-9-20(10-7-17)25-12-2-3-22(25)26/h4-11,13-14H,2-3,12,15H2,1H3,(H,24,27). The van der Waals surface area contributed by atoms with Crippen molar-refractivity contribution in [2.45, 2.75) is 19.4 Å². The highest BCUT2D eigenvalue weighted by Gasteiger charge is 2.21. The van der Waals surface area contributed by atoms with Crippen molar-refractivity contribution in [1.82, 2.24) is 5.32 Å². The number of ether oxygens (including phenoxy) is 1. The van der Waals surface area contributed by atoms with Crippen LogP contribution in [0.5, 0.6) is 5.75 Å². The number of carbonyl (C=O) groups excluding carboxylic acids is 2. The molecule has 1 saturated heterocycles. The van der Waals surface area contributed by atoms with E-state index in [1.54, 1.807) is 24.1 Å². The molecular weight excluding hydrogens is 352 g/mol. The average molecular weight is 374 g/mol. The number of hydrogen-bond acceptors (Lipinski definition) is 3. The van der Waals surface area contributed by atoms with Crippen molar-refractivity contribution in [3.63, 3.8) is 0 Å². The SMILES string of the molecule is COc1ccc2cc(CNC(=O)c3ccc(N4CCCC4=O)cc3)ccc2c1. The number of anilines is 1. The molecule has 0 spiro atoms. The summed E-state index contributed by atoms with van der Waals surface area (Å²) in [6.45, 7) is 1.20. The number of fused-ring (bicyclic) bond motifs is 1. The zero-order chi connectivity index (χ0) is 19.5. The maximum absolute atomic E-state index is 12.5. The molecule has 1 fully saturated rings. The minimum atomic E-state index is -0.130. The van der Waals surface area contributed by atoms with Crippen LogP contribution in [0.4, 0.5) is 5.69 Å². The van der Waals surface area contributed by atoms with E-state index < -0.39 is 0 Å². The smallest absolute Gasteiger partial charge is 0.251 e. The fourth-order valence-electron chi connectivity index (χ4n) is 3.51. The molecule has 1 N–H and O–H groups in total. The van der Waals surface area contributed by atoms with Crippen LogP contribution in [0.2, 0.25) is 0 Å². The summed E-state index contributed by atoms with van der Waals surface area (Å²) in [6.07, 6.45) is 1.49. The lowest BCUT2D eigenvalue weighted by Crippen LogP contribution is -2.24. The fraction of sp³-hybridized carbons (Fsp3) is 0.217. The van der Waals surface area contributed by atoms with E-state index in [2.05, 4.69) is 11.4 Å². The molecule has 3 aromatic carbocycles. The molecule has 4 rings (SSSR count). The van der Waals surface area contributed by atoms with E-state index in [9.17, 15) is 9.59 Å². The van der Waals surface area contributed by atoms with Crippen LogP contribution in [0.3, 0.4) is 0 Å². The van der Waals surface area contributed by atoms with Gasteiger partial charge in [0.1, 0.15) is 5.75 Å². The highest BCUT2D eigenvalue weighted by Crippen LogP contribution is 2.23. The van der Waals surface area contributed by atoms with Gasteiger partial charge in [0.05, 0.1) is 7.11 Å². The molecule has 0 bridgehead atoms. The number of nitrogens with one attached hydrogen (secondary N) is 1. The summed E-state index contributed by atoms with van der Waals surface area (Å²) in [7, 11) is 1.65. The van der Waals surface area contributed by atoms with Crippen LogP contribution in [0.1, 0.15) is 28.8 Å². The molecule has 0 unspecified atom stereocenters. The van der Waals surface area contributed by atoms with Crippen molar-refractivity contribution in [2.24, 2.45) is 0 Å². The van der Waals surface area contributed by atoms with Gasteiger partial charge in [-0.2, -0.15) is 0 Å². The lowest BCUT2D eigenvalue weighted by Gasteiger charge is -2.15. The molecule has 0 aromatic heterocycles. The van der Waals surface area contributed by atoms with Gasteiger partial charge in [0.15, 0.2) is 0 Å². The maximum Gasteiger partial charge on any atom is 0.251 e. The molecule has 142 valence electrons. The molecule has 28 heavy (non-hydrogen) atoms. The Kier molecular flexibility index (Phi) is 4.98. The number of hydrogen-bond donors (Lipinski definition) is 1. The summed E-state index contributed by atoms with van der Waals surface area (Å²) in [5, 5.41) is 5.16. The summed E-state index contributed by atoms with van der Waals surface area (Å²) in [4.78, 5) is 26.0. The second-order valence-corrected chi connectivity index (χ2v) is 6.93. The molecular formula is C23H22N2O3. The van der Waals surface area contributed by atoms with Crippen molar-refractivity contribution < 1.29 is 14.3 Å². The molecule has 0 radical (unpaired) electrons. The van der Waals surface area contributed by atoms with Gasteiger partial charge in [-0.1, -0.05) is 18.2 Å². The summed E-state index contributed by atoms with van der Waals surface area (Å²) >= 11 is 0. The number of amides is 2. The summed E-state index contributed by atoms with van der Waals surface area (Å²) < 4.78 is 5.25. The summed E-state index contributed by atoms with van der Waals surface area (Å²) in [6, 6.07) is 19.2. The van der Waals surface area contributed by atoms with Crippen LogP contribution in [-0.2, 0) is 11.3 Å². The molecule has 0 saturated carbocycles. The van der Waals surface area contributed by atoms with E-state index in [0.29, 0.717) is 18.5 Å². The van der Waals surface area contributed by atoms with Gasteiger partial charge in [-0.05, 0) is 65.2 Å². The molecule has 1 aliphatic rings. The molecule has 0 aliphatic carbocycles. The average Bonchev–Trinajstić information content (AvgIpc) is 3.17. The van der Waals surface area contributed by atoms with E-state index in [4.69, 9.17) is 4.74 Å². The fourth-order valence-corrected chi connectivity index (χ4v) is 3.51. The van der Waals surface area contributed by atoms with Crippen LogP contribution in [0.25, 0.3) is 10.8 Å². The first-order valence-electron chi connectivity index (χ1n) is 9.39. The number of rotatable bonds is 5. The van der Waals surface area contributed by atoms with Crippen molar-refractivity contribution in [3.8, 4) is 5.75 Å². The van der Waals surface area contributed by atoms with Gasteiger partial charge in [0.2, 0.25) is 5.91 Å². The Morgan fingerprint density at radius 3 is 2.50 bits per heavy atom. The zero-order valence-corrected chi connectivity index (χ0v) is 15.8. The van der Waals surface area contributed by atoms with Gasteiger partial charge < -0.3 is 15.0 Å². The molecule has 3 aromatic rings. The Morgan fingerprint density at radius 1 is 1.04 bits per heavy atom. The number of nitrogens with zero attached hydrogens (tertiary/aromatic N) is 1. The maximum atomic E-state index is 12.5. The Hall–Kier alpha value is -3.34. The van der Waals surface area contributed by atoms with E-state index in [0.717, 1.165) is 40.7 Å². The molecule has 5 nitrogen and oxygen atoms in total. The minimum absolute atomic E-state index is 0.130. The predicted octanol–water partition coefficient (Wildman–Crippen LogP) is 3.91. The van der Waals surface area contributed by atoms with Crippen LogP contribution in [0, 0.1) is 0 Å². The lowest BCUT2D eigenvalue weighted by molar-refractivity contribution is -0.117. The van der Waals surface area contributed by atoms with Crippen LogP contribution < -0.4 is 15.0 Å². The second-order valence-electron chi connectivity index (χ2n) is 6.93. The Morgan fingerprint density at radius 2 is 1.79 bits per heavy atom. The van der Waals surface area contributed by atoms with E-state index in [1.165, 1.54) is 0 Å². The van der Waals surface area contributed by atoms with Crippen molar-refractivity contribution in [2.75, 3.05) is 18.6 Å². The lowest BCUT2D eigenvalue weighted by atomic mass is 10.1. The largest absolute Gasteiger partial charge is 0.497 e. The van der Waals surface area contributed by atoms with Crippen LogP contribution >= 0.6 is 0 Å². The van der Waals surface area contributed by atoms with E-state index in [1.807, 2.05) is 42.5 Å². The highest BCUT2D eigenvalue weighted by atomic mass is 16.5. The third-order valence-corrected chi connectivity index (χ3v) is 5.08. The topological polar surface area (TPSA) is 58.6 Å². The number of carbonyl (C=O) groups is 2. The van der Waals surface area contributed by atoms with Gasteiger partial charge in [-0.15, -0.1) is 0 Å². The Balaban J connectivity index is 1.41. The highest BCUT2D eigenvalue weighted by molar-refractivity contribution is 5.97. The van der Waals surface area contributed by atoms with Crippen molar-refractivity contribution >= 4 is 28.3 Å². The van der Waals surface area contributed by atoms with Gasteiger partial charge in [0, 0.05) is 30.8 Å². The first-order chi connectivity index (χ1) is 13.6. The third kappa shape index (κ3) is 3.69. The normalized spacial score (nSPS) is 13.8. The first-order valence-corrected chi connectivity index (χ1v) is 9.39. The third-order valence-electron chi connectivity index (χ3n) is 5.08. The molecule has 1 heterocycles. The summed E-state index contributed by atoms with van der Waals surface area (Å²) in [5.41, 5.74) is 2.47. The van der Waals surface area contributed by atoms with Gasteiger partial charge in [-0.3, -0.25) is 9.59 Å². The number of methoxy groups -OCH3 is 1. The molecule has 5 heteroatoms. The van der Waals surface area contributed by atoms with E-state index >= 15 is 0 Å². The zero-order valence-electron chi connectivity index (χ0n) is 15.8. The van der Waals surface area contributed by atoms with Crippen molar-refractivity contribution in [3.05, 3.63) is 71.8 Å². The minimum Gasteiger partial charge on any atom is -0.497 e. The Bertz CT molecular complexity index is 1030. The number of benzene rings is 3. The summed E-state index contributed by atoms with van der Waals surface area (Å²) in [5.74, 6) is 0.841. The van der Waals surface area contributed by atoms with Crippen molar-refractivity contribution in [1.29, 1.82) is 0 Å². The second kappa shape index (κ2) is 7.72. The molecule has 0 atom stereocenters. The molecule has 2 amide bonds.